The molecule has 158 valence electrons. The predicted octanol–water partition coefficient (Wildman–Crippen LogP) is 7.06. The normalized spacial score (nSPS) is 10.2. The molecule has 0 spiro atoms. The minimum absolute atomic E-state index is 0. The van der Waals surface area contributed by atoms with Crippen molar-refractivity contribution in [2.24, 2.45) is 0 Å². The molecule has 0 saturated carbocycles. The van der Waals surface area contributed by atoms with Crippen LogP contribution in [0.15, 0.2) is 48.5 Å². The van der Waals surface area contributed by atoms with Gasteiger partial charge < -0.3 is 10.6 Å². The number of hydrogen-bond donors (Lipinski definition) is 2. The third kappa shape index (κ3) is 11.5. The summed E-state index contributed by atoms with van der Waals surface area (Å²) in [6.45, 7) is 3.84. The van der Waals surface area contributed by atoms with Gasteiger partial charge in [-0.1, -0.05) is 85.3 Å². The van der Waals surface area contributed by atoms with Gasteiger partial charge >= 0.3 is 0 Å². The van der Waals surface area contributed by atoms with Gasteiger partial charge in [-0.05, 0) is 49.2 Å². The molecule has 0 bridgehead atoms. The number of halogens is 4. The molecule has 0 amide bonds. The number of nitrogens with one attached hydrogen (secondary N) is 2. The summed E-state index contributed by atoms with van der Waals surface area (Å²) < 4.78 is 0. The van der Waals surface area contributed by atoms with E-state index < -0.39 is 0 Å². The molecular weight excluding hydrogens is 434 g/mol. The highest BCUT2D eigenvalue weighted by Crippen LogP contribution is 2.15. The first-order valence-electron chi connectivity index (χ1n) is 9.65. The van der Waals surface area contributed by atoms with E-state index in [1.807, 2.05) is 36.4 Å². The average molecular weight is 466 g/mol. The summed E-state index contributed by atoms with van der Waals surface area (Å²) in [6, 6.07) is 16.1. The van der Waals surface area contributed by atoms with Gasteiger partial charge in [-0.15, -0.1) is 24.8 Å². The van der Waals surface area contributed by atoms with Crippen molar-refractivity contribution in [2.45, 2.75) is 51.6 Å². The van der Waals surface area contributed by atoms with Crippen LogP contribution in [0.3, 0.4) is 0 Å². The third-order valence-electron chi connectivity index (χ3n) is 4.50. The number of hydrogen-bond acceptors (Lipinski definition) is 2. The molecule has 0 radical (unpaired) electrons. The van der Waals surface area contributed by atoms with Gasteiger partial charge in [-0.25, -0.2) is 0 Å². The molecule has 2 rings (SSSR count). The van der Waals surface area contributed by atoms with Crippen molar-refractivity contribution in [1.82, 2.24) is 10.6 Å². The van der Waals surface area contributed by atoms with E-state index in [-0.39, 0.29) is 24.8 Å². The molecule has 0 aliphatic heterocycles. The van der Waals surface area contributed by atoms with E-state index in [0.717, 1.165) is 36.2 Å². The zero-order valence-electron chi connectivity index (χ0n) is 16.3. The van der Waals surface area contributed by atoms with E-state index >= 15 is 0 Å². The SMILES string of the molecule is Cl.Cl.Clc1ccccc1CNCCCCCCCCNCc1ccccc1Cl. The second-order valence-corrected chi connectivity index (χ2v) is 7.47. The summed E-state index contributed by atoms with van der Waals surface area (Å²) in [7, 11) is 0. The van der Waals surface area contributed by atoms with Crippen molar-refractivity contribution in [1.29, 1.82) is 0 Å². The first kappa shape index (κ1) is 27.5. The molecule has 0 aliphatic carbocycles. The molecule has 0 unspecified atom stereocenters. The van der Waals surface area contributed by atoms with Crippen LogP contribution in [0.2, 0.25) is 10.0 Å². The first-order valence-corrected chi connectivity index (χ1v) is 10.4. The van der Waals surface area contributed by atoms with Crippen molar-refractivity contribution < 1.29 is 0 Å². The smallest absolute Gasteiger partial charge is 0.0450 e. The Morgan fingerprint density at radius 1 is 0.536 bits per heavy atom. The van der Waals surface area contributed by atoms with Crippen LogP contribution in [-0.4, -0.2) is 13.1 Å². The molecule has 2 N–H and O–H groups in total. The summed E-state index contributed by atoms with van der Waals surface area (Å²) in [6.07, 6.45) is 7.69. The van der Waals surface area contributed by atoms with E-state index in [9.17, 15) is 0 Å². The molecular formula is C22H32Cl4N2. The monoisotopic (exact) mass is 464 g/mol. The van der Waals surface area contributed by atoms with Crippen LogP contribution in [0.1, 0.15) is 49.7 Å². The van der Waals surface area contributed by atoms with Crippen molar-refractivity contribution in [2.75, 3.05) is 13.1 Å². The van der Waals surface area contributed by atoms with Gasteiger partial charge in [-0.3, -0.25) is 0 Å². The molecule has 2 aromatic carbocycles. The quantitative estimate of drug-likeness (QED) is 0.309. The minimum Gasteiger partial charge on any atom is -0.313 e. The largest absolute Gasteiger partial charge is 0.313 e. The predicted molar refractivity (Wildman–Crippen MR) is 129 cm³/mol. The van der Waals surface area contributed by atoms with Gasteiger partial charge in [0.05, 0.1) is 0 Å². The third-order valence-corrected chi connectivity index (χ3v) is 5.24. The minimum atomic E-state index is 0. The Balaban J connectivity index is 0.00000364. The molecule has 0 heterocycles. The molecule has 6 heteroatoms. The summed E-state index contributed by atoms with van der Waals surface area (Å²) in [4.78, 5) is 0. The highest BCUT2D eigenvalue weighted by Gasteiger charge is 1.99. The molecule has 2 aromatic rings. The van der Waals surface area contributed by atoms with Gasteiger partial charge in [0.25, 0.3) is 0 Å². The number of unbranched alkanes of at least 4 members (excludes halogenated alkanes) is 5. The van der Waals surface area contributed by atoms with Crippen LogP contribution in [0, 0.1) is 0 Å². The summed E-state index contributed by atoms with van der Waals surface area (Å²) in [5, 5.41) is 8.65. The summed E-state index contributed by atoms with van der Waals surface area (Å²) in [5.41, 5.74) is 2.36. The maximum Gasteiger partial charge on any atom is 0.0450 e. The molecule has 0 aliphatic rings. The second kappa shape index (κ2) is 17.4. The van der Waals surface area contributed by atoms with Gasteiger partial charge in [0.1, 0.15) is 0 Å². The van der Waals surface area contributed by atoms with Gasteiger partial charge in [0.2, 0.25) is 0 Å². The molecule has 0 fully saturated rings. The second-order valence-electron chi connectivity index (χ2n) is 6.66. The Kier molecular flexibility index (Phi) is 17.1. The maximum absolute atomic E-state index is 6.15. The van der Waals surface area contributed by atoms with Crippen molar-refractivity contribution >= 4 is 48.0 Å². The van der Waals surface area contributed by atoms with Crippen LogP contribution < -0.4 is 10.6 Å². The van der Waals surface area contributed by atoms with Gasteiger partial charge in [0.15, 0.2) is 0 Å². The highest BCUT2D eigenvalue weighted by atomic mass is 35.5. The van der Waals surface area contributed by atoms with Crippen LogP contribution in [0.5, 0.6) is 0 Å². The van der Waals surface area contributed by atoms with E-state index in [1.165, 1.54) is 49.7 Å². The van der Waals surface area contributed by atoms with Gasteiger partial charge in [-0.2, -0.15) is 0 Å². The Morgan fingerprint density at radius 3 is 1.29 bits per heavy atom. The van der Waals surface area contributed by atoms with Crippen LogP contribution in [-0.2, 0) is 13.1 Å². The summed E-state index contributed by atoms with van der Waals surface area (Å²) >= 11 is 12.3. The van der Waals surface area contributed by atoms with Crippen molar-refractivity contribution in [3.63, 3.8) is 0 Å². The first-order chi connectivity index (χ1) is 12.8. The van der Waals surface area contributed by atoms with E-state index in [2.05, 4.69) is 22.8 Å². The van der Waals surface area contributed by atoms with Crippen molar-refractivity contribution in [3.05, 3.63) is 69.7 Å². The standard InChI is InChI=1S/C22H30Cl2N2.2ClH/c23-21-13-7-5-11-19(21)17-25-15-9-3-1-2-4-10-16-26-18-20-12-6-8-14-22(20)24;;/h5-8,11-14,25-26H,1-4,9-10,15-18H2;2*1H. The Hall–Kier alpha value is -0.480. The van der Waals surface area contributed by atoms with Crippen molar-refractivity contribution in [3.8, 4) is 0 Å². The fourth-order valence-corrected chi connectivity index (χ4v) is 3.34. The lowest BCUT2D eigenvalue weighted by Crippen LogP contribution is -2.15. The topological polar surface area (TPSA) is 24.1 Å². The molecule has 2 nitrogen and oxygen atoms in total. The van der Waals surface area contributed by atoms with Crippen LogP contribution in [0.25, 0.3) is 0 Å². The highest BCUT2D eigenvalue weighted by molar-refractivity contribution is 6.31. The molecule has 0 saturated heterocycles. The van der Waals surface area contributed by atoms with Crippen LogP contribution >= 0.6 is 48.0 Å². The maximum atomic E-state index is 6.15. The zero-order valence-corrected chi connectivity index (χ0v) is 19.4. The summed E-state index contributed by atoms with van der Waals surface area (Å²) in [5.74, 6) is 0. The lowest BCUT2D eigenvalue weighted by Gasteiger charge is -2.07. The number of rotatable bonds is 13. The lowest BCUT2D eigenvalue weighted by atomic mass is 10.1. The fraction of sp³-hybridized carbons (Fsp3) is 0.455. The van der Waals surface area contributed by atoms with E-state index in [4.69, 9.17) is 23.2 Å². The van der Waals surface area contributed by atoms with E-state index in [0.29, 0.717) is 0 Å². The molecule has 0 atom stereocenters. The average Bonchev–Trinajstić information content (AvgIpc) is 2.65. The molecule has 0 aromatic heterocycles. The fourth-order valence-electron chi connectivity index (χ4n) is 2.94. The van der Waals surface area contributed by atoms with E-state index in [1.54, 1.807) is 0 Å². The Labute approximate surface area is 192 Å². The van der Waals surface area contributed by atoms with Gasteiger partial charge in [0, 0.05) is 23.1 Å². The zero-order chi connectivity index (χ0) is 18.5. The van der Waals surface area contributed by atoms with Crippen LogP contribution in [0.4, 0.5) is 0 Å². The Bertz CT molecular complexity index is 582. The Morgan fingerprint density at radius 2 is 0.893 bits per heavy atom. The lowest BCUT2D eigenvalue weighted by molar-refractivity contribution is 0.549. The number of benzene rings is 2. The molecule has 28 heavy (non-hydrogen) atoms.